The average Bonchev–Trinajstić information content (AvgIpc) is 2.42. The van der Waals surface area contributed by atoms with E-state index in [0.29, 0.717) is 21.6 Å². The van der Waals surface area contributed by atoms with E-state index in [2.05, 4.69) is 48.8 Å². The maximum absolute atomic E-state index is 12.1. The van der Waals surface area contributed by atoms with E-state index < -0.39 is 0 Å². The Bertz CT molecular complexity index is 602. The van der Waals surface area contributed by atoms with Crippen LogP contribution in [0.3, 0.4) is 0 Å². The van der Waals surface area contributed by atoms with Gasteiger partial charge in [0.1, 0.15) is 11.6 Å². The molecule has 0 saturated carbocycles. The van der Waals surface area contributed by atoms with Crippen LogP contribution in [0.25, 0.3) is 0 Å². The summed E-state index contributed by atoms with van der Waals surface area (Å²) in [5.74, 6) is 0.906. The first-order valence-corrected chi connectivity index (χ1v) is 7.24. The third kappa shape index (κ3) is 3.66. The number of methoxy groups -OCH3 is 1. The van der Waals surface area contributed by atoms with E-state index in [9.17, 15) is 4.79 Å². The van der Waals surface area contributed by atoms with E-state index in [4.69, 9.17) is 4.74 Å². The number of nitrogens with one attached hydrogen (secondary N) is 1. The molecular formula is C13H10BrIN2O2. The van der Waals surface area contributed by atoms with E-state index in [0.717, 1.165) is 3.57 Å². The number of ether oxygens (including phenoxy) is 1. The fourth-order valence-electron chi connectivity index (χ4n) is 1.44. The minimum atomic E-state index is -0.237. The Hall–Kier alpha value is -1.15. The molecule has 19 heavy (non-hydrogen) atoms. The average molecular weight is 433 g/mol. The first kappa shape index (κ1) is 14.3. The fourth-order valence-corrected chi connectivity index (χ4v) is 2.18. The number of amides is 1. The molecule has 1 aromatic carbocycles. The minimum Gasteiger partial charge on any atom is -0.497 e. The van der Waals surface area contributed by atoms with Gasteiger partial charge in [-0.3, -0.25) is 4.79 Å². The highest BCUT2D eigenvalue weighted by molar-refractivity contribution is 14.1. The molecule has 0 spiro atoms. The summed E-state index contributed by atoms with van der Waals surface area (Å²) >= 11 is 5.50. The number of nitrogens with zero attached hydrogens (tertiary/aromatic N) is 1. The smallest absolute Gasteiger partial charge is 0.258 e. The van der Waals surface area contributed by atoms with Crippen LogP contribution in [0.4, 0.5) is 5.82 Å². The first-order chi connectivity index (χ1) is 9.10. The molecule has 4 nitrogen and oxygen atoms in total. The van der Waals surface area contributed by atoms with Crippen molar-refractivity contribution in [2.45, 2.75) is 0 Å². The van der Waals surface area contributed by atoms with Crippen molar-refractivity contribution in [1.82, 2.24) is 4.98 Å². The molecule has 0 radical (unpaired) electrons. The second-order valence-electron chi connectivity index (χ2n) is 3.66. The number of pyridine rings is 1. The summed E-state index contributed by atoms with van der Waals surface area (Å²) in [4.78, 5) is 16.3. The van der Waals surface area contributed by atoms with Crippen LogP contribution in [-0.2, 0) is 0 Å². The molecule has 0 saturated heterocycles. The van der Waals surface area contributed by atoms with Crippen LogP contribution in [0.1, 0.15) is 10.4 Å². The molecule has 0 aliphatic heterocycles. The Balaban J connectivity index is 2.22. The Morgan fingerprint density at radius 3 is 2.79 bits per heavy atom. The predicted molar refractivity (Wildman–Crippen MR) is 85.6 cm³/mol. The molecule has 2 aromatic rings. The molecule has 0 aliphatic carbocycles. The highest BCUT2D eigenvalue weighted by Crippen LogP contribution is 2.23. The molecule has 0 unspecified atom stereocenters. The topological polar surface area (TPSA) is 51.2 Å². The quantitative estimate of drug-likeness (QED) is 0.752. The molecule has 6 heteroatoms. The summed E-state index contributed by atoms with van der Waals surface area (Å²) in [7, 11) is 1.56. The second kappa shape index (κ2) is 6.33. The highest BCUT2D eigenvalue weighted by Gasteiger charge is 2.12. The third-order valence-electron chi connectivity index (χ3n) is 2.39. The molecule has 2 rings (SSSR count). The Morgan fingerprint density at radius 2 is 2.16 bits per heavy atom. The van der Waals surface area contributed by atoms with Gasteiger partial charge in [0.05, 0.1) is 12.7 Å². The summed E-state index contributed by atoms with van der Waals surface area (Å²) in [6.07, 6.45) is 1.69. The number of hydrogen-bond donors (Lipinski definition) is 1. The van der Waals surface area contributed by atoms with E-state index in [1.165, 1.54) is 0 Å². The van der Waals surface area contributed by atoms with Gasteiger partial charge in [-0.1, -0.05) is 0 Å². The molecule has 1 aromatic heterocycles. The van der Waals surface area contributed by atoms with Crippen molar-refractivity contribution < 1.29 is 9.53 Å². The Kier molecular flexibility index (Phi) is 4.76. The second-order valence-corrected chi connectivity index (χ2v) is 5.76. The zero-order valence-corrected chi connectivity index (χ0v) is 13.7. The number of halogens is 2. The zero-order valence-electron chi connectivity index (χ0n) is 9.98. The lowest BCUT2D eigenvalue weighted by Gasteiger charge is -2.08. The molecule has 0 fully saturated rings. The minimum absolute atomic E-state index is 0.237. The largest absolute Gasteiger partial charge is 0.497 e. The van der Waals surface area contributed by atoms with Crippen molar-refractivity contribution in [2.24, 2.45) is 0 Å². The molecule has 1 N–H and O–H groups in total. The molecule has 98 valence electrons. The van der Waals surface area contributed by atoms with Gasteiger partial charge < -0.3 is 10.1 Å². The van der Waals surface area contributed by atoms with E-state index in [1.807, 2.05) is 6.07 Å². The van der Waals surface area contributed by atoms with Gasteiger partial charge in [-0.25, -0.2) is 4.98 Å². The summed E-state index contributed by atoms with van der Waals surface area (Å²) in [5, 5.41) is 2.74. The van der Waals surface area contributed by atoms with Gasteiger partial charge in [-0.2, -0.15) is 0 Å². The molecular weight excluding hydrogens is 423 g/mol. The van der Waals surface area contributed by atoms with Crippen molar-refractivity contribution in [3.8, 4) is 5.75 Å². The fraction of sp³-hybridized carbons (Fsp3) is 0.0769. The van der Waals surface area contributed by atoms with Crippen molar-refractivity contribution in [2.75, 3.05) is 12.4 Å². The number of aromatic nitrogens is 1. The molecule has 1 heterocycles. The van der Waals surface area contributed by atoms with Gasteiger partial charge in [0.2, 0.25) is 0 Å². The van der Waals surface area contributed by atoms with Gasteiger partial charge in [0.15, 0.2) is 0 Å². The molecule has 0 bridgehead atoms. The summed E-state index contributed by atoms with van der Waals surface area (Å²) in [5.41, 5.74) is 0.500. The van der Waals surface area contributed by atoms with Gasteiger partial charge in [0, 0.05) is 14.2 Å². The zero-order chi connectivity index (χ0) is 13.8. The molecule has 0 aliphatic rings. The Labute approximate surface area is 132 Å². The standard InChI is InChI=1S/C13H10BrIN2O2/c1-19-9-3-4-11(14)10(6-9)13(18)17-12-5-2-8(15)7-16-12/h2-7H,1H3,(H,16,17,18). The van der Waals surface area contributed by atoms with Gasteiger partial charge in [-0.15, -0.1) is 0 Å². The number of hydrogen-bond acceptors (Lipinski definition) is 3. The maximum atomic E-state index is 12.1. The summed E-state index contributed by atoms with van der Waals surface area (Å²) < 4.78 is 6.83. The van der Waals surface area contributed by atoms with Crippen molar-refractivity contribution in [3.05, 3.63) is 50.1 Å². The SMILES string of the molecule is COc1ccc(Br)c(C(=O)Nc2ccc(I)cn2)c1. The number of rotatable bonds is 3. The lowest BCUT2D eigenvalue weighted by atomic mass is 10.2. The number of benzene rings is 1. The summed E-state index contributed by atoms with van der Waals surface area (Å²) in [6, 6.07) is 8.86. The van der Waals surface area contributed by atoms with Crippen LogP contribution in [0.2, 0.25) is 0 Å². The van der Waals surface area contributed by atoms with E-state index in [-0.39, 0.29) is 5.91 Å². The Morgan fingerprint density at radius 1 is 1.37 bits per heavy atom. The normalized spacial score (nSPS) is 10.1. The van der Waals surface area contributed by atoms with Crippen LogP contribution in [0.15, 0.2) is 41.0 Å². The summed E-state index contributed by atoms with van der Waals surface area (Å²) in [6.45, 7) is 0. The van der Waals surface area contributed by atoms with Crippen LogP contribution >= 0.6 is 38.5 Å². The van der Waals surface area contributed by atoms with Gasteiger partial charge in [0.25, 0.3) is 5.91 Å². The van der Waals surface area contributed by atoms with Gasteiger partial charge >= 0.3 is 0 Å². The van der Waals surface area contributed by atoms with Crippen molar-refractivity contribution in [1.29, 1.82) is 0 Å². The predicted octanol–water partition coefficient (Wildman–Crippen LogP) is 3.71. The van der Waals surface area contributed by atoms with Crippen LogP contribution in [0, 0.1) is 3.57 Å². The lowest BCUT2D eigenvalue weighted by molar-refractivity contribution is 0.102. The lowest BCUT2D eigenvalue weighted by Crippen LogP contribution is -2.13. The molecule has 1 amide bonds. The number of anilines is 1. The van der Waals surface area contributed by atoms with Gasteiger partial charge in [-0.05, 0) is 68.9 Å². The van der Waals surface area contributed by atoms with Crippen molar-refractivity contribution in [3.63, 3.8) is 0 Å². The van der Waals surface area contributed by atoms with E-state index in [1.54, 1.807) is 37.6 Å². The van der Waals surface area contributed by atoms with Crippen LogP contribution in [-0.4, -0.2) is 18.0 Å². The number of carbonyl (C=O) groups excluding carboxylic acids is 1. The highest BCUT2D eigenvalue weighted by atomic mass is 127. The first-order valence-electron chi connectivity index (χ1n) is 5.36. The monoisotopic (exact) mass is 432 g/mol. The maximum Gasteiger partial charge on any atom is 0.258 e. The van der Waals surface area contributed by atoms with Crippen LogP contribution < -0.4 is 10.1 Å². The third-order valence-corrected chi connectivity index (χ3v) is 3.72. The van der Waals surface area contributed by atoms with Crippen LogP contribution in [0.5, 0.6) is 5.75 Å². The molecule has 0 atom stereocenters. The van der Waals surface area contributed by atoms with E-state index >= 15 is 0 Å². The van der Waals surface area contributed by atoms with Crippen molar-refractivity contribution >= 4 is 50.2 Å². The number of carbonyl (C=O) groups is 1.